The summed E-state index contributed by atoms with van der Waals surface area (Å²) in [7, 11) is 0. The molecule has 4 nitrogen and oxygen atoms in total. The van der Waals surface area contributed by atoms with Crippen LogP contribution in [0, 0.1) is 11.3 Å². The molecule has 0 amide bonds. The van der Waals surface area contributed by atoms with Gasteiger partial charge in [-0.15, -0.1) is 0 Å². The minimum absolute atomic E-state index is 0.181. The second-order valence-electron chi connectivity index (χ2n) is 5.50. The van der Waals surface area contributed by atoms with Gasteiger partial charge in [-0.1, -0.05) is 46.6 Å². The molecule has 0 aliphatic rings. The molecule has 0 aliphatic heterocycles. The van der Waals surface area contributed by atoms with Gasteiger partial charge in [0, 0.05) is 27.8 Å². The van der Waals surface area contributed by atoms with Gasteiger partial charge in [-0.25, -0.2) is 0 Å². The van der Waals surface area contributed by atoms with Gasteiger partial charge in [0.15, 0.2) is 0 Å². The van der Waals surface area contributed by atoms with E-state index in [0.717, 1.165) is 4.47 Å². The van der Waals surface area contributed by atoms with Gasteiger partial charge in [-0.3, -0.25) is 9.78 Å². The molecule has 6 heteroatoms. The predicted octanol–water partition coefficient (Wildman–Crippen LogP) is 4.93. The predicted molar refractivity (Wildman–Crippen MR) is 96.0 cm³/mol. The molecule has 0 bridgehead atoms. The van der Waals surface area contributed by atoms with E-state index in [1.54, 1.807) is 36.7 Å². The average Bonchev–Trinajstić information content (AvgIpc) is 2.57. The summed E-state index contributed by atoms with van der Waals surface area (Å²) in [6.45, 7) is 1.87. The summed E-state index contributed by atoms with van der Waals surface area (Å²) in [5, 5.41) is 19.9. The van der Waals surface area contributed by atoms with Crippen LogP contribution in [0.4, 0.5) is 0 Å². The molecule has 24 heavy (non-hydrogen) atoms. The Labute approximate surface area is 154 Å². The fraction of sp³-hybridized carbons (Fsp3) is 0.278. The summed E-state index contributed by atoms with van der Waals surface area (Å²) in [5.74, 6) is -1.53. The summed E-state index contributed by atoms with van der Waals surface area (Å²) in [4.78, 5) is 15.5. The summed E-state index contributed by atoms with van der Waals surface area (Å²) in [6, 6.07) is 11.2. The first kappa shape index (κ1) is 18.4. The molecule has 1 N–H and O–H groups in total. The van der Waals surface area contributed by atoms with Crippen molar-refractivity contribution in [2.75, 3.05) is 0 Å². The molecule has 1 aromatic heterocycles. The molecule has 0 saturated carbocycles. The number of aliphatic carboxylic acids is 1. The summed E-state index contributed by atoms with van der Waals surface area (Å²) in [6.07, 6.45) is 3.48. The third-order valence-electron chi connectivity index (χ3n) is 4.23. The molecule has 0 saturated heterocycles. The number of carbonyl (C=O) groups is 1. The maximum absolute atomic E-state index is 11.5. The van der Waals surface area contributed by atoms with Crippen LogP contribution in [0.25, 0.3) is 0 Å². The Morgan fingerprint density at radius 3 is 2.75 bits per heavy atom. The lowest BCUT2D eigenvalue weighted by Gasteiger charge is -2.35. The fourth-order valence-corrected chi connectivity index (χ4v) is 3.87. The van der Waals surface area contributed by atoms with Crippen LogP contribution in [0.3, 0.4) is 0 Å². The maximum Gasteiger partial charge on any atom is 0.304 e. The smallest absolute Gasteiger partial charge is 0.304 e. The zero-order valence-electron chi connectivity index (χ0n) is 13.0. The van der Waals surface area contributed by atoms with Crippen molar-refractivity contribution >= 4 is 33.5 Å². The highest BCUT2D eigenvalue weighted by molar-refractivity contribution is 9.10. The molecule has 0 spiro atoms. The largest absolute Gasteiger partial charge is 0.481 e. The summed E-state index contributed by atoms with van der Waals surface area (Å²) < 4.78 is 0.801. The SMILES string of the molecule is CCC(C#N)(c1ccc(Br)cc1Cl)C(CC(=O)O)c1cccnc1. The third-order valence-corrected chi connectivity index (χ3v) is 5.04. The average molecular weight is 408 g/mol. The van der Waals surface area contributed by atoms with Crippen molar-refractivity contribution in [3.63, 3.8) is 0 Å². The highest BCUT2D eigenvalue weighted by atomic mass is 79.9. The Balaban J connectivity index is 2.68. The van der Waals surface area contributed by atoms with Gasteiger partial charge in [0.25, 0.3) is 0 Å². The van der Waals surface area contributed by atoms with E-state index in [1.807, 2.05) is 13.0 Å². The van der Waals surface area contributed by atoms with E-state index >= 15 is 0 Å². The van der Waals surface area contributed by atoms with Crippen LogP contribution in [0.5, 0.6) is 0 Å². The van der Waals surface area contributed by atoms with Crippen molar-refractivity contribution in [2.45, 2.75) is 31.1 Å². The third kappa shape index (κ3) is 3.61. The van der Waals surface area contributed by atoms with Crippen molar-refractivity contribution in [3.8, 4) is 6.07 Å². The molecular formula is C18H16BrClN2O2. The van der Waals surface area contributed by atoms with Gasteiger partial charge >= 0.3 is 5.97 Å². The van der Waals surface area contributed by atoms with Crippen LogP contribution in [0.1, 0.15) is 36.8 Å². The number of hydrogen-bond donors (Lipinski definition) is 1. The maximum atomic E-state index is 11.5. The standard InChI is InChI=1S/C18H16BrClN2O2/c1-2-18(11-21,14-6-5-13(19)8-16(14)20)15(9-17(23)24)12-4-3-7-22-10-12/h3-8,10,15H,2,9H2,1H3,(H,23,24). The molecule has 0 aliphatic carbocycles. The number of aromatic nitrogens is 1. The lowest BCUT2D eigenvalue weighted by Crippen LogP contribution is -2.33. The van der Waals surface area contributed by atoms with E-state index in [-0.39, 0.29) is 6.42 Å². The van der Waals surface area contributed by atoms with Crippen molar-refractivity contribution in [2.24, 2.45) is 0 Å². The number of nitriles is 1. The molecule has 1 aromatic carbocycles. The van der Waals surface area contributed by atoms with E-state index in [9.17, 15) is 15.2 Å². The Bertz CT molecular complexity index is 776. The van der Waals surface area contributed by atoms with Crippen molar-refractivity contribution in [1.82, 2.24) is 4.98 Å². The van der Waals surface area contributed by atoms with Crippen molar-refractivity contribution in [3.05, 3.63) is 63.3 Å². The summed E-state index contributed by atoms with van der Waals surface area (Å²) >= 11 is 9.75. The molecular weight excluding hydrogens is 392 g/mol. The lowest BCUT2D eigenvalue weighted by atomic mass is 9.66. The molecule has 0 radical (unpaired) electrons. The van der Waals surface area contributed by atoms with Crippen LogP contribution in [0.15, 0.2) is 47.2 Å². The minimum Gasteiger partial charge on any atom is -0.481 e. The second-order valence-corrected chi connectivity index (χ2v) is 6.82. The molecule has 2 atom stereocenters. The quantitative estimate of drug-likeness (QED) is 0.737. The second kappa shape index (κ2) is 7.78. The van der Waals surface area contributed by atoms with Crippen molar-refractivity contribution < 1.29 is 9.90 Å². The number of halogens is 2. The lowest BCUT2D eigenvalue weighted by molar-refractivity contribution is -0.137. The van der Waals surface area contributed by atoms with E-state index in [2.05, 4.69) is 27.0 Å². The number of pyridine rings is 1. The van der Waals surface area contributed by atoms with Crippen LogP contribution in [0.2, 0.25) is 5.02 Å². The number of hydrogen-bond acceptors (Lipinski definition) is 3. The first-order valence-electron chi connectivity index (χ1n) is 7.43. The zero-order chi connectivity index (χ0) is 17.7. The molecule has 2 rings (SSSR count). The van der Waals surface area contributed by atoms with E-state index in [1.165, 1.54) is 0 Å². The van der Waals surface area contributed by atoms with Gasteiger partial charge in [0.2, 0.25) is 0 Å². The van der Waals surface area contributed by atoms with Crippen LogP contribution in [-0.2, 0) is 10.2 Å². The van der Waals surface area contributed by atoms with Crippen LogP contribution in [-0.4, -0.2) is 16.1 Å². The van der Waals surface area contributed by atoms with Gasteiger partial charge in [-0.2, -0.15) is 5.26 Å². The van der Waals surface area contributed by atoms with E-state index in [0.29, 0.717) is 22.6 Å². The molecule has 2 unspecified atom stereocenters. The van der Waals surface area contributed by atoms with Crippen LogP contribution >= 0.6 is 27.5 Å². The molecule has 2 aromatic rings. The van der Waals surface area contributed by atoms with E-state index < -0.39 is 17.3 Å². The normalized spacial score (nSPS) is 14.4. The first-order valence-corrected chi connectivity index (χ1v) is 8.60. The highest BCUT2D eigenvalue weighted by Gasteiger charge is 2.43. The number of benzene rings is 1. The van der Waals surface area contributed by atoms with Gasteiger partial charge < -0.3 is 5.11 Å². The van der Waals surface area contributed by atoms with Crippen molar-refractivity contribution in [1.29, 1.82) is 5.26 Å². The monoisotopic (exact) mass is 406 g/mol. The topological polar surface area (TPSA) is 74.0 Å². The Morgan fingerprint density at radius 2 is 2.25 bits per heavy atom. The fourth-order valence-electron chi connectivity index (χ4n) is 3.03. The van der Waals surface area contributed by atoms with Gasteiger partial charge in [0.05, 0.1) is 17.9 Å². The molecule has 124 valence electrons. The zero-order valence-corrected chi connectivity index (χ0v) is 15.4. The number of carboxylic acids is 1. The Hall–Kier alpha value is -1.90. The minimum atomic E-state index is -1.06. The molecule has 0 fully saturated rings. The highest BCUT2D eigenvalue weighted by Crippen LogP contribution is 2.46. The van der Waals surface area contributed by atoms with Gasteiger partial charge in [0.1, 0.15) is 0 Å². The van der Waals surface area contributed by atoms with Crippen LogP contribution < -0.4 is 0 Å². The molecule has 1 heterocycles. The van der Waals surface area contributed by atoms with E-state index in [4.69, 9.17) is 11.6 Å². The number of nitrogens with zero attached hydrogens (tertiary/aromatic N) is 2. The Kier molecular flexibility index (Phi) is 5.98. The summed E-state index contributed by atoms with van der Waals surface area (Å²) in [5.41, 5.74) is 0.286. The number of rotatable bonds is 6. The number of carboxylic acid groups (broad SMARTS) is 1. The van der Waals surface area contributed by atoms with Gasteiger partial charge in [-0.05, 0) is 35.7 Å². The first-order chi connectivity index (χ1) is 11.4. The Morgan fingerprint density at radius 1 is 1.50 bits per heavy atom.